The number of hydrogen-bond acceptors (Lipinski definition) is 2. The molecule has 0 aliphatic heterocycles. The van der Waals surface area contributed by atoms with Gasteiger partial charge in [-0.25, -0.2) is 13.6 Å². The molecule has 0 saturated heterocycles. The monoisotopic (exact) mass is 264 g/mol. The van der Waals surface area contributed by atoms with Crippen LogP contribution in [0.25, 0.3) is 0 Å². The van der Waals surface area contributed by atoms with E-state index >= 15 is 0 Å². The molecule has 0 bridgehead atoms. The van der Waals surface area contributed by atoms with Crippen molar-refractivity contribution in [3.63, 3.8) is 0 Å². The summed E-state index contributed by atoms with van der Waals surface area (Å²) in [5, 5.41) is 8.64. The number of aromatic carboxylic acids is 1. The first-order valence-electron chi connectivity index (χ1n) is 5.47. The smallest absolute Gasteiger partial charge is 0.338 e. The van der Waals surface area contributed by atoms with Crippen LogP contribution in [0.2, 0.25) is 0 Å². The number of hydrogen-bond donors (Lipinski definition) is 1. The van der Waals surface area contributed by atoms with Gasteiger partial charge >= 0.3 is 5.97 Å². The Labute approximate surface area is 108 Å². The summed E-state index contributed by atoms with van der Waals surface area (Å²) in [7, 11) is 0. The van der Waals surface area contributed by atoms with Crippen molar-refractivity contribution in [1.82, 2.24) is 0 Å². The van der Waals surface area contributed by atoms with E-state index in [9.17, 15) is 13.6 Å². The maximum atomic E-state index is 13.5. The first-order chi connectivity index (χ1) is 9.08. The number of carboxylic acids is 1. The van der Waals surface area contributed by atoms with E-state index in [1.165, 1.54) is 0 Å². The van der Waals surface area contributed by atoms with Crippen LogP contribution in [-0.2, 0) is 6.61 Å². The Balaban J connectivity index is 2.17. The molecule has 0 saturated carbocycles. The summed E-state index contributed by atoms with van der Waals surface area (Å²) < 4.78 is 32.0. The van der Waals surface area contributed by atoms with Gasteiger partial charge in [0.05, 0.1) is 5.56 Å². The van der Waals surface area contributed by atoms with Gasteiger partial charge < -0.3 is 9.84 Å². The summed E-state index contributed by atoms with van der Waals surface area (Å²) in [5.74, 6) is -3.77. The maximum Gasteiger partial charge on any atom is 0.338 e. The highest BCUT2D eigenvalue weighted by Gasteiger charge is 2.16. The molecule has 0 aliphatic carbocycles. The summed E-state index contributed by atoms with van der Waals surface area (Å²) in [6, 6.07) is 10.3. The number of benzene rings is 2. The van der Waals surface area contributed by atoms with Crippen molar-refractivity contribution in [3.05, 3.63) is 65.2 Å². The molecule has 0 atom stereocenters. The predicted octanol–water partition coefficient (Wildman–Crippen LogP) is 3.24. The first kappa shape index (κ1) is 13.0. The Morgan fingerprint density at radius 3 is 2.42 bits per heavy atom. The lowest BCUT2D eigenvalue weighted by atomic mass is 10.2. The molecular weight excluding hydrogens is 254 g/mol. The van der Waals surface area contributed by atoms with Crippen LogP contribution in [0.1, 0.15) is 15.9 Å². The molecule has 0 amide bonds. The second kappa shape index (κ2) is 5.48. The minimum Gasteiger partial charge on any atom is -0.486 e. The fourth-order valence-electron chi connectivity index (χ4n) is 1.54. The van der Waals surface area contributed by atoms with Crippen LogP contribution in [0.5, 0.6) is 5.75 Å². The lowest BCUT2D eigenvalue weighted by molar-refractivity contribution is 0.0691. The molecule has 19 heavy (non-hydrogen) atoms. The van der Waals surface area contributed by atoms with Crippen LogP contribution in [0.3, 0.4) is 0 Å². The van der Waals surface area contributed by atoms with Gasteiger partial charge in [-0.3, -0.25) is 0 Å². The van der Waals surface area contributed by atoms with Crippen molar-refractivity contribution in [2.24, 2.45) is 0 Å². The molecule has 2 aromatic rings. The summed E-state index contributed by atoms with van der Waals surface area (Å²) in [4.78, 5) is 10.6. The third-order valence-corrected chi connectivity index (χ3v) is 2.49. The normalized spacial score (nSPS) is 10.2. The quantitative estimate of drug-likeness (QED) is 0.922. The highest BCUT2D eigenvalue weighted by molar-refractivity contribution is 5.88. The van der Waals surface area contributed by atoms with E-state index in [-0.39, 0.29) is 12.4 Å². The predicted molar refractivity (Wildman–Crippen MR) is 64.1 cm³/mol. The van der Waals surface area contributed by atoms with Gasteiger partial charge in [-0.05, 0) is 11.6 Å². The van der Waals surface area contributed by atoms with E-state index in [1.54, 1.807) is 24.3 Å². The van der Waals surface area contributed by atoms with E-state index in [1.807, 2.05) is 6.07 Å². The van der Waals surface area contributed by atoms with Crippen LogP contribution >= 0.6 is 0 Å². The minimum absolute atomic E-state index is 0.0730. The molecule has 2 rings (SSSR count). The Hall–Kier alpha value is -2.43. The van der Waals surface area contributed by atoms with E-state index in [0.717, 1.165) is 11.6 Å². The summed E-state index contributed by atoms with van der Waals surface area (Å²) in [6.45, 7) is 0.0730. The van der Waals surface area contributed by atoms with Crippen LogP contribution < -0.4 is 4.74 Å². The molecule has 1 N–H and O–H groups in total. The van der Waals surface area contributed by atoms with Crippen molar-refractivity contribution in [2.45, 2.75) is 6.61 Å². The van der Waals surface area contributed by atoms with Gasteiger partial charge in [0.2, 0.25) is 0 Å². The van der Waals surface area contributed by atoms with Gasteiger partial charge in [-0.2, -0.15) is 0 Å². The molecule has 3 nitrogen and oxygen atoms in total. The van der Waals surface area contributed by atoms with Gasteiger partial charge in [0.15, 0.2) is 11.6 Å². The maximum absolute atomic E-state index is 13.5. The van der Waals surface area contributed by atoms with Crippen molar-refractivity contribution in [3.8, 4) is 5.75 Å². The number of carbonyl (C=O) groups is 1. The fraction of sp³-hybridized carbons (Fsp3) is 0.0714. The largest absolute Gasteiger partial charge is 0.486 e. The lowest BCUT2D eigenvalue weighted by Crippen LogP contribution is -2.04. The van der Waals surface area contributed by atoms with Crippen molar-refractivity contribution in [2.75, 3.05) is 0 Å². The second-order valence-electron chi connectivity index (χ2n) is 3.84. The van der Waals surface area contributed by atoms with E-state index in [0.29, 0.717) is 6.07 Å². The molecule has 0 fully saturated rings. The second-order valence-corrected chi connectivity index (χ2v) is 3.84. The SMILES string of the molecule is O=C(O)c1cc(F)c(OCc2ccccc2)cc1F. The van der Waals surface area contributed by atoms with Gasteiger partial charge in [0.25, 0.3) is 0 Å². The van der Waals surface area contributed by atoms with Crippen molar-refractivity contribution in [1.29, 1.82) is 0 Å². The third-order valence-electron chi connectivity index (χ3n) is 2.49. The van der Waals surface area contributed by atoms with E-state index < -0.39 is 23.2 Å². The van der Waals surface area contributed by atoms with E-state index in [2.05, 4.69) is 0 Å². The van der Waals surface area contributed by atoms with Gasteiger partial charge in [-0.1, -0.05) is 30.3 Å². The summed E-state index contributed by atoms with van der Waals surface area (Å²) in [5.41, 5.74) is 0.0779. The van der Waals surface area contributed by atoms with Crippen LogP contribution in [-0.4, -0.2) is 11.1 Å². The highest BCUT2D eigenvalue weighted by Crippen LogP contribution is 2.22. The third kappa shape index (κ3) is 3.07. The fourth-order valence-corrected chi connectivity index (χ4v) is 1.54. The number of carboxylic acid groups (broad SMARTS) is 1. The van der Waals surface area contributed by atoms with Crippen LogP contribution in [0, 0.1) is 11.6 Å². The van der Waals surface area contributed by atoms with Crippen molar-refractivity contribution >= 4 is 5.97 Å². The topological polar surface area (TPSA) is 46.5 Å². The van der Waals surface area contributed by atoms with Crippen molar-refractivity contribution < 1.29 is 23.4 Å². The Morgan fingerprint density at radius 2 is 1.79 bits per heavy atom. The highest BCUT2D eigenvalue weighted by atomic mass is 19.1. The first-order valence-corrected chi connectivity index (χ1v) is 5.47. The molecule has 0 heterocycles. The Bertz CT molecular complexity index is 597. The Morgan fingerprint density at radius 1 is 1.11 bits per heavy atom. The molecule has 0 spiro atoms. The Kier molecular flexibility index (Phi) is 3.75. The zero-order valence-corrected chi connectivity index (χ0v) is 9.77. The van der Waals surface area contributed by atoms with E-state index in [4.69, 9.17) is 9.84 Å². The molecule has 5 heteroatoms. The average Bonchev–Trinajstić information content (AvgIpc) is 2.40. The van der Waals surface area contributed by atoms with Gasteiger partial charge in [0, 0.05) is 6.07 Å². The van der Waals surface area contributed by atoms with Crippen LogP contribution in [0.15, 0.2) is 42.5 Å². The molecule has 0 unspecified atom stereocenters. The molecule has 0 radical (unpaired) electrons. The summed E-state index contributed by atoms with van der Waals surface area (Å²) in [6.07, 6.45) is 0. The van der Waals surface area contributed by atoms with Gasteiger partial charge in [-0.15, -0.1) is 0 Å². The van der Waals surface area contributed by atoms with Gasteiger partial charge in [0.1, 0.15) is 12.4 Å². The number of ether oxygens (including phenoxy) is 1. The number of halogens is 2. The standard InChI is InChI=1S/C14H10F2O3/c15-11-7-13(12(16)6-10(11)14(17)18)19-8-9-4-2-1-3-5-9/h1-7H,8H2,(H,17,18). The molecule has 2 aromatic carbocycles. The zero-order chi connectivity index (χ0) is 13.8. The molecule has 0 aromatic heterocycles. The lowest BCUT2D eigenvalue weighted by Gasteiger charge is -2.08. The van der Waals surface area contributed by atoms with Crippen LogP contribution in [0.4, 0.5) is 8.78 Å². The number of rotatable bonds is 4. The minimum atomic E-state index is -1.52. The average molecular weight is 264 g/mol. The molecule has 0 aliphatic rings. The zero-order valence-electron chi connectivity index (χ0n) is 9.77. The molecule has 98 valence electrons. The molecular formula is C14H10F2O3. The summed E-state index contributed by atoms with van der Waals surface area (Å²) >= 11 is 0.